The topological polar surface area (TPSA) is 102 Å². The van der Waals surface area contributed by atoms with E-state index in [1.54, 1.807) is 0 Å². The van der Waals surface area contributed by atoms with Crippen molar-refractivity contribution in [2.45, 2.75) is 13.3 Å². The summed E-state index contributed by atoms with van der Waals surface area (Å²) in [5.41, 5.74) is 2.11. The lowest BCUT2D eigenvalue weighted by Gasteiger charge is -2.28. The number of fused-ring (bicyclic) bond motifs is 1. The molecule has 1 N–H and O–H groups in total. The van der Waals surface area contributed by atoms with Gasteiger partial charge in [-0.15, -0.1) is 0 Å². The molecule has 1 heterocycles. The number of nitrogens with zero attached hydrogens (tertiary/aromatic N) is 2. The highest BCUT2D eigenvalue weighted by atomic mass is 16.6. The first-order valence-corrected chi connectivity index (χ1v) is 8.09. The number of esters is 1. The Bertz CT molecular complexity index is 864. The van der Waals surface area contributed by atoms with Crippen LogP contribution in [0, 0.1) is 10.1 Å². The third-order valence-electron chi connectivity index (χ3n) is 4.02. The Labute approximate surface area is 149 Å². The van der Waals surface area contributed by atoms with Gasteiger partial charge in [0.1, 0.15) is 6.54 Å². The Kier molecular flexibility index (Phi) is 4.83. The van der Waals surface area contributed by atoms with Crippen LogP contribution in [0.5, 0.6) is 5.75 Å². The van der Waals surface area contributed by atoms with E-state index in [-0.39, 0.29) is 30.4 Å². The number of rotatable bonds is 5. The van der Waals surface area contributed by atoms with Crippen molar-refractivity contribution in [3.05, 3.63) is 58.1 Å². The van der Waals surface area contributed by atoms with Gasteiger partial charge in [0.05, 0.1) is 23.2 Å². The first kappa shape index (κ1) is 17.4. The van der Waals surface area contributed by atoms with Crippen molar-refractivity contribution in [3.63, 3.8) is 0 Å². The Morgan fingerprint density at radius 1 is 1.27 bits per heavy atom. The minimum Gasteiger partial charge on any atom is -0.423 e. The molecular formula is C18H17N3O5. The molecule has 0 aromatic heterocycles. The summed E-state index contributed by atoms with van der Waals surface area (Å²) < 4.78 is 5.06. The molecule has 0 spiro atoms. The molecule has 8 nitrogen and oxygen atoms in total. The van der Waals surface area contributed by atoms with Gasteiger partial charge in [-0.25, -0.2) is 4.79 Å². The number of nitro benzene ring substituents is 1. The average molecular weight is 355 g/mol. The van der Waals surface area contributed by atoms with Crippen molar-refractivity contribution in [2.24, 2.45) is 0 Å². The molecular weight excluding hydrogens is 338 g/mol. The molecule has 0 aliphatic carbocycles. The van der Waals surface area contributed by atoms with Crippen LogP contribution in [0.4, 0.5) is 17.1 Å². The van der Waals surface area contributed by atoms with Crippen LogP contribution >= 0.6 is 0 Å². The van der Waals surface area contributed by atoms with Crippen molar-refractivity contribution in [1.82, 2.24) is 0 Å². The van der Waals surface area contributed by atoms with Gasteiger partial charge in [-0.3, -0.25) is 14.9 Å². The van der Waals surface area contributed by atoms with E-state index in [0.717, 1.165) is 12.0 Å². The summed E-state index contributed by atoms with van der Waals surface area (Å²) in [6.07, 6.45) is 0.910. The standard InChI is InChI=1S/C18H17N3O5/c1-2-12-3-5-13(6-4-12)19-17(22)10-20-11-18(23)26-16-9-14(21(24)25)7-8-15(16)20/h3-9H,2,10-11H2,1H3,(H,19,22). The van der Waals surface area contributed by atoms with Gasteiger partial charge in [0, 0.05) is 11.8 Å². The van der Waals surface area contributed by atoms with Crippen molar-refractivity contribution in [3.8, 4) is 5.75 Å². The number of nitrogens with one attached hydrogen (secondary N) is 1. The molecule has 0 fully saturated rings. The lowest BCUT2D eigenvalue weighted by atomic mass is 10.1. The Morgan fingerprint density at radius 2 is 2.00 bits per heavy atom. The molecule has 2 aromatic carbocycles. The number of anilines is 2. The predicted octanol–water partition coefficient (Wildman–Crippen LogP) is 2.52. The van der Waals surface area contributed by atoms with Crippen molar-refractivity contribution in [1.29, 1.82) is 0 Å². The van der Waals surface area contributed by atoms with E-state index in [9.17, 15) is 19.7 Å². The second-order valence-corrected chi connectivity index (χ2v) is 5.84. The summed E-state index contributed by atoms with van der Waals surface area (Å²) >= 11 is 0. The van der Waals surface area contributed by atoms with Crippen molar-refractivity contribution in [2.75, 3.05) is 23.3 Å². The highest BCUT2D eigenvalue weighted by Gasteiger charge is 2.27. The maximum Gasteiger partial charge on any atom is 0.331 e. The summed E-state index contributed by atoms with van der Waals surface area (Å²) in [5.74, 6) is -0.790. The second kappa shape index (κ2) is 7.22. The van der Waals surface area contributed by atoms with Crippen molar-refractivity contribution < 1.29 is 19.2 Å². The SMILES string of the molecule is CCc1ccc(NC(=O)CN2CC(=O)Oc3cc([N+](=O)[O-])ccc32)cc1. The molecule has 0 bridgehead atoms. The van der Waals surface area contributed by atoms with Gasteiger partial charge in [0.25, 0.3) is 5.69 Å². The number of hydrogen-bond acceptors (Lipinski definition) is 6. The molecule has 1 aliphatic heterocycles. The minimum absolute atomic E-state index is 0.0740. The normalized spacial score (nSPS) is 13.0. The van der Waals surface area contributed by atoms with Crippen LogP contribution in [0.15, 0.2) is 42.5 Å². The van der Waals surface area contributed by atoms with E-state index in [1.165, 1.54) is 23.1 Å². The van der Waals surface area contributed by atoms with E-state index in [0.29, 0.717) is 11.4 Å². The van der Waals surface area contributed by atoms with Crippen molar-refractivity contribution >= 4 is 28.9 Å². The summed E-state index contributed by atoms with van der Waals surface area (Å²) in [5, 5.41) is 13.6. The first-order valence-electron chi connectivity index (χ1n) is 8.09. The molecule has 8 heteroatoms. The van der Waals surface area contributed by atoms with Crippen LogP contribution in [-0.2, 0) is 16.0 Å². The van der Waals surface area contributed by atoms with Gasteiger partial charge in [0.2, 0.25) is 5.91 Å². The van der Waals surface area contributed by atoms with Crippen LogP contribution in [0.2, 0.25) is 0 Å². The minimum atomic E-state index is -0.571. The van der Waals surface area contributed by atoms with Crippen LogP contribution in [0.25, 0.3) is 0 Å². The number of carbonyl (C=O) groups excluding carboxylic acids is 2. The van der Waals surface area contributed by atoms with Gasteiger partial charge in [0.15, 0.2) is 5.75 Å². The number of aryl methyl sites for hydroxylation is 1. The van der Waals surface area contributed by atoms with E-state index in [2.05, 4.69) is 5.32 Å². The maximum atomic E-state index is 12.3. The molecule has 3 rings (SSSR count). The van der Waals surface area contributed by atoms with E-state index in [4.69, 9.17) is 4.74 Å². The monoisotopic (exact) mass is 355 g/mol. The lowest BCUT2D eigenvalue weighted by Crippen LogP contribution is -2.41. The fourth-order valence-corrected chi connectivity index (χ4v) is 2.69. The number of nitro groups is 1. The zero-order chi connectivity index (χ0) is 18.7. The number of benzene rings is 2. The van der Waals surface area contributed by atoms with Crippen LogP contribution in [0.1, 0.15) is 12.5 Å². The smallest absolute Gasteiger partial charge is 0.331 e. The molecule has 0 saturated heterocycles. The number of amides is 1. The van der Waals surface area contributed by atoms with Crippen LogP contribution in [-0.4, -0.2) is 29.9 Å². The average Bonchev–Trinajstić information content (AvgIpc) is 2.61. The largest absolute Gasteiger partial charge is 0.423 e. The summed E-state index contributed by atoms with van der Waals surface area (Å²) in [6.45, 7) is 1.87. The Hall–Kier alpha value is -3.42. The zero-order valence-electron chi connectivity index (χ0n) is 14.1. The summed E-state index contributed by atoms with van der Waals surface area (Å²) in [6, 6.07) is 11.5. The van der Waals surface area contributed by atoms with E-state index >= 15 is 0 Å². The summed E-state index contributed by atoms with van der Waals surface area (Å²) in [4.78, 5) is 35.9. The van der Waals surface area contributed by atoms with Gasteiger partial charge in [-0.2, -0.15) is 0 Å². The zero-order valence-corrected chi connectivity index (χ0v) is 14.1. The Balaban J connectivity index is 1.74. The molecule has 1 aliphatic rings. The fourth-order valence-electron chi connectivity index (χ4n) is 2.69. The lowest BCUT2D eigenvalue weighted by molar-refractivity contribution is -0.384. The molecule has 134 valence electrons. The molecule has 0 radical (unpaired) electrons. The summed E-state index contributed by atoms with van der Waals surface area (Å²) in [7, 11) is 0. The molecule has 0 saturated carbocycles. The quantitative estimate of drug-likeness (QED) is 0.383. The number of ether oxygens (including phenoxy) is 1. The third kappa shape index (κ3) is 3.80. The Morgan fingerprint density at radius 3 is 2.65 bits per heavy atom. The molecule has 0 atom stereocenters. The van der Waals surface area contributed by atoms with Crippen LogP contribution in [0.3, 0.4) is 0 Å². The number of non-ortho nitro benzene ring substituents is 1. The highest BCUT2D eigenvalue weighted by molar-refractivity contribution is 5.96. The first-order chi connectivity index (χ1) is 12.5. The molecule has 0 unspecified atom stereocenters. The van der Waals surface area contributed by atoms with Gasteiger partial charge >= 0.3 is 5.97 Å². The van der Waals surface area contributed by atoms with Crippen LogP contribution < -0.4 is 15.0 Å². The van der Waals surface area contributed by atoms with Gasteiger partial charge in [-0.05, 0) is 30.2 Å². The maximum absolute atomic E-state index is 12.3. The van der Waals surface area contributed by atoms with Gasteiger partial charge < -0.3 is 15.0 Å². The molecule has 1 amide bonds. The second-order valence-electron chi connectivity index (χ2n) is 5.84. The molecule has 2 aromatic rings. The fraction of sp³-hybridized carbons (Fsp3) is 0.222. The predicted molar refractivity (Wildman–Crippen MR) is 95.4 cm³/mol. The molecule has 26 heavy (non-hydrogen) atoms. The number of carbonyl (C=O) groups is 2. The van der Waals surface area contributed by atoms with Gasteiger partial charge in [-0.1, -0.05) is 19.1 Å². The van der Waals surface area contributed by atoms with E-state index in [1.807, 2.05) is 31.2 Å². The third-order valence-corrected chi connectivity index (χ3v) is 4.02. The highest BCUT2D eigenvalue weighted by Crippen LogP contribution is 2.35. The van der Waals surface area contributed by atoms with E-state index < -0.39 is 10.9 Å². The number of hydrogen-bond donors (Lipinski definition) is 1.